The van der Waals surface area contributed by atoms with Crippen molar-refractivity contribution in [2.45, 2.75) is 43.9 Å². The van der Waals surface area contributed by atoms with Crippen LogP contribution in [0.2, 0.25) is 0 Å². The number of nitrogens with zero attached hydrogens (tertiary/aromatic N) is 1. The maximum atomic E-state index is 13.7. The molecule has 2 aromatic carbocycles. The fourth-order valence-electron chi connectivity index (χ4n) is 4.20. The van der Waals surface area contributed by atoms with Crippen molar-refractivity contribution in [1.29, 1.82) is 0 Å². The first-order chi connectivity index (χ1) is 15.3. The van der Waals surface area contributed by atoms with E-state index in [1.807, 2.05) is 26.7 Å². The van der Waals surface area contributed by atoms with Gasteiger partial charge in [0.05, 0.1) is 11.2 Å². The van der Waals surface area contributed by atoms with Gasteiger partial charge >= 0.3 is 19.2 Å². The molecule has 3 N–H and O–H groups in total. The fourth-order valence-corrected chi connectivity index (χ4v) is 4.95. The van der Waals surface area contributed by atoms with E-state index in [0.717, 1.165) is 6.92 Å². The number of carbonyl (C=O) groups is 1. The number of benzene rings is 2. The van der Waals surface area contributed by atoms with E-state index in [9.17, 15) is 28.9 Å². The molecule has 6 nitrogen and oxygen atoms in total. The Kier molecular flexibility index (Phi) is 6.16. The Morgan fingerprint density at radius 3 is 2.12 bits per heavy atom. The first kappa shape index (κ1) is 24.5. The lowest BCUT2D eigenvalue weighted by molar-refractivity contribution is -0.145. The van der Waals surface area contributed by atoms with E-state index in [-0.39, 0.29) is 11.3 Å². The van der Waals surface area contributed by atoms with E-state index in [0.29, 0.717) is 22.0 Å². The summed E-state index contributed by atoms with van der Waals surface area (Å²) in [4.78, 5) is 27.1. The van der Waals surface area contributed by atoms with Crippen molar-refractivity contribution in [1.82, 2.24) is 4.98 Å². The number of hydrogen-bond donors (Lipinski definition) is 3. The standard InChI is InChI=1S/C25H23FNO5P/c1-6-25(22(28)29,33(31)32)24(5,30)20-19(23(2,3)4)17-9-7-8-10-18(17)27-21(20)15-11-13-16(26)14-12-15/h1,7-14,30H,2-5H3,(H-,28,29,31,32)/p+1. The second kappa shape index (κ2) is 8.31. The second-order valence-electron chi connectivity index (χ2n) is 8.99. The van der Waals surface area contributed by atoms with Gasteiger partial charge in [-0.2, -0.15) is 4.89 Å². The van der Waals surface area contributed by atoms with Crippen molar-refractivity contribution in [3.63, 3.8) is 0 Å². The summed E-state index contributed by atoms with van der Waals surface area (Å²) in [6, 6.07) is 12.4. The van der Waals surface area contributed by atoms with Gasteiger partial charge in [-0.3, -0.25) is 0 Å². The number of halogens is 1. The van der Waals surface area contributed by atoms with Crippen molar-refractivity contribution in [2.75, 3.05) is 0 Å². The van der Waals surface area contributed by atoms with Gasteiger partial charge in [-0.1, -0.05) is 39.0 Å². The fraction of sp³-hybridized carbons (Fsp3) is 0.280. The largest absolute Gasteiger partial charge is 0.541 e. The van der Waals surface area contributed by atoms with Crippen LogP contribution >= 0.6 is 8.03 Å². The molecular weight excluding hydrogens is 444 g/mol. The van der Waals surface area contributed by atoms with Crippen molar-refractivity contribution < 1.29 is 28.9 Å². The number of terminal acetylenes is 1. The van der Waals surface area contributed by atoms with Gasteiger partial charge < -0.3 is 10.2 Å². The smallest absolute Gasteiger partial charge is 0.477 e. The third-order valence-corrected chi connectivity index (χ3v) is 7.09. The Bertz CT molecular complexity index is 1290. The van der Waals surface area contributed by atoms with Gasteiger partial charge in [0, 0.05) is 16.5 Å². The molecule has 0 saturated heterocycles. The van der Waals surface area contributed by atoms with E-state index in [2.05, 4.69) is 4.98 Å². The van der Waals surface area contributed by atoms with Crippen LogP contribution in [0.15, 0.2) is 48.5 Å². The molecule has 1 aromatic heterocycles. The summed E-state index contributed by atoms with van der Waals surface area (Å²) in [5.74, 6) is -0.420. The van der Waals surface area contributed by atoms with Crippen molar-refractivity contribution >= 4 is 24.9 Å². The molecule has 3 rings (SSSR count). The Balaban J connectivity index is 2.64. The summed E-state index contributed by atoms with van der Waals surface area (Å²) in [5, 5.41) is 19.6. The van der Waals surface area contributed by atoms with Crippen molar-refractivity contribution in [3.05, 3.63) is 65.5 Å². The van der Waals surface area contributed by atoms with Crippen LogP contribution in [0, 0.1) is 18.2 Å². The van der Waals surface area contributed by atoms with Gasteiger partial charge in [0.1, 0.15) is 5.82 Å². The van der Waals surface area contributed by atoms with Crippen LogP contribution in [0.1, 0.15) is 38.8 Å². The Morgan fingerprint density at radius 1 is 1.06 bits per heavy atom. The number of aromatic nitrogens is 1. The highest BCUT2D eigenvalue weighted by Gasteiger charge is 2.70. The molecule has 8 heteroatoms. The lowest BCUT2D eigenvalue weighted by Gasteiger charge is -2.36. The monoisotopic (exact) mass is 468 g/mol. The van der Waals surface area contributed by atoms with Crippen LogP contribution in [0.4, 0.5) is 4.39 Å². The van der Waals surface area contributed by atoms with Crippen molar-refractivity contribution in [2.24, 2.45) is 0 Å². The summed E-state index contributed by atoms with van der Waals surface area (Å²) in [7, 11) is -3.60. The number of carboxylic acid groups (broad SMARTS) is 1. The lowest BCUT2D eigenvalue weighted by Crippen LogP contribution is -2.53. The van der Waals surface area contributed by atoms with E-state index < -0.39 is 36.0 Å². The normalized spacial score (nSPS) is 15.9. The molecule has 0 fully saturated rings. The van der Waals surface area contributed by atoms with Gasteiger partial charge in [-0.05, 0) is 58.7 Å². The maximum Gasteiger partial charge on any atom is 0.541 e. The summed E-state index contributed by atoms with van der Waals surface area (Å²) in [5.41, 5.74) is -1.64. The topological polar surface area (TPSA) is 108 Å². The minimum absolute atomic E-state index is 0.00180. The molecule has 0 aliphatic rings. The van der Waals surface area contributed by atoms with Crippen LogP contribution in [-0.2, 0) is 20.4 Å². The zero-order valence-electron chi connectivity index (χ0n) is 18.6. The third-order valence-electron chi connectivity index (χ3n) is 5.76. The minimum Gasteiger partial charge on any atom is -0.477 e. The maximum absolute atomic E-state index is 13.7. The summed E-state index contributed by atoms with van der Waals surface area (Å²) < 4.78 is 26.1. The SMILES string of the molecule is C#CC(C(=O)O)([P+](=O)O)C(C)(O)c1c(-c2ccc(F)cc2)nc2ccccc2c1C(C)(C)C. The average molecular weight is 468 g/mol. The molecule has 0 radical (unpaired) electrons. The number of aliphatic carboxylic acids is 1. The van der Waals surface area contributed by atoms with E-state index in [1.165, 1.54) is 24.3 Å². The minimum atomic E-state index is -3.60. The highest BCUT2D eigenvalue weighted by molar-refractivity contribution is 7.42. The molecule has 0 aliphatic carbocycles. The molecule has 0 amide bonds. The predicted octanol–water partition coefficient (Wildman–Crippen LogP) is 4.74. The highest BCUT2D eigenvalue weighted by atomic mass is 31.1. The molecule has 33 heavy (non-hydrogen) atoms. The Morgan fingerprint density at radius 2 is 1.64 bits per heavy atom. The van der Waals surface area contributed by atoms with Gasteiger partial charge in [-0.25, -0.2) is 14.2 Å². The zero-order chi connectivity index (χ0) is 24.8. The second-order valence-corrected chi connectivity index (χ2v) is 10.2. The van der Waals surface area contributed by atoms with Crippen LogP contribution in [0.3, 0.4) is 0 Å². The molecule has 3 atom stereocenters. The molecule has 1 heterocycles. The van der Waals surface area contributed by atoms with E-state index in [1.54, 1.807) is 24.3 Å². The molecule has 3 aromatic rings. The first-order valence-corrected chi connectivity index (χ1v) is 11.3. The number of rotatable bonds is 5. The lowest BCUT2D eigenvalue weighted by atomic mass is 9.71. The number of hydrogen-bond acceptors (Lipinski definition) is 4. The van der Waals surface area contributed by atoms with Crippen molar-refractivity contribution in [3.8, 4) is 23.6 Å². The summed E-state index contributed by atoms with van der Waals surface area (Å²) in [6.07, 6.45) is 5.51. The molecule has 0 aliphatic heterocycles. The Hall–Kier alpha value is -3.17. The predicted molar refractivity (Wildman–Crippen MR) is 124 cm³/mol. The number of carboxylic acids is 1. The third kappa shape index (κ3) is 3.81. The van der Waals surface area contributed by atoms with Gasteiger partial charge in [0.15, 0.2) is 5.60 Å². The molecule has 0 saturated carbocycles. The molecule has 3 unspecified atom stereocenters. The van der Waals surface area contributed by atoms with E-state index in [4.69, 9.17) is 6.42 Å². The van der Waals surface area contributed by atoms with Crippen LogP contribution in [0.5, 0.6) is 0 Å². The quantitative estimate of drug-likeness (QED) is 0.369. The molecule has 170 valence electrons. The van der Waals surface area contributed by atoms with Crippen LogP contribution < -0.4 is 0 Å². The number of aliphatic hydroxyl groups is 1. The molecule has 0 bridgehead atoms. The van der Waals surface area contributed by atoms with E-state index >= 15 is 0 Å². The Labute approximate surface area is 192 Å². The van der Waals surface area contributed by atoms with Gasteiger partial charge in [-0.15, -0.1) is 6.42 Å². The van der Waals surface area contributed by atoms with Crippen LogP contribution in [0.25, 0.3) is 22.2 Å². The zero-order valence-corrected chi connectivity index (χ0v) is 19.5. The first-order valence-electron chi connectivity index (χ1n) is 10.1. The summed E-state index contributed by atoms with van der Waals surface area (Å²) >= 11 is 0. The molecule has 0 spiro atoms. The van der Waals surface area contributed by atoms with Gasteiger partial charge in [0.25, 0.3) is 0 Å². The summed E-state index contributed by atoms with van der Waals surface area (Å²) in [6.45, 7) is 6.69. The number of para-hydroxylation sites is 1. The van der Waals surface area contributed by atoms with Crippen LogP contribution in [-0.4, -0.2) is 31.2 Å². The van der Waals surface area contributed by atoms with Gasteiger partial charge in [0.2, 0.25) is 0 Å². The highest BCUT2D eigenvalue weighted by Crippen LogP contribution is 2.53. The number of pyridine rings is 1. The average Bonchev–Trinajstić information content (AvgIpc) is 2.72. The number of fused-ring (bicyclic) bond motifs is 1. The molecular formula is C25H24FNO5P+.